The van der Waals surface area contributed by atoms with Crippen LogP contribution in [0.4, 0.5) is 0 Å². The van der Waals surface area contributed by atoms with Crippen LogP contribution in [0.5, 0.6) is 11.5 Å². The van der Waals surface area contributed by atoms with Crippen LogP contribution in [0.1, 0.15) is 37.7 Å². The Balaban J connectivity index is 1.92. The van der Waals surface area contributed by atoms with Crippen molar-refractivity contribution in [1.82, 2.24) is 9.80 Å². The molecule has 1 saturated carbocycles. The van der Waals surface area contributed by atoms with Crippen molar-refractivity contribution in [3.63, 3.8) is 0 Å². The minimum absolute atomic E-state index is 0.0265. The van der Waals surface area contributed by atoms with Gasteiger partial charge in [0.05, 0.1) is 0 Å². The van der Waals surface area contributed by atoms with Crippen LogP contribution in [0.3, 0.4) is 0 Å². The molecular formula is C17H20N2O3Se. The summed E-state index contributed by atoms with van der Waals surface area (Å²) >= 11 is 3.01. The monoisotopic (exact) mass is 380 g/mol. The average Bonchev–Trinajstić information content (AvgIpc) is 2.71. The predicted octanol–water partition coefficient (Wildman–Crippen LogP) is 1.80. The van der Waals surface area contributed by atoms with Crippen LogP contribution < -0.4 is 0 Å². The first-order valence-electron chi connectivity index (χ1n) is 7.83. The quantitative estimate of drug-likeness (QED) is 0.608. The summed E-state index contributed by atoms with van der Waals surface area (Å²) in [6.45, 7) is 0. The molecule has 0 unspecified atom stereocenters. The summed E-state index contributed by atoms with van der Waals surface area (Å²) in [6.07, 6.45) is 7.32. The second kappa shape index (κ2) is 6.38. The van der Waals surface area contributed by atoms with Gasteiger partial charge in [-0.3, -0.25) is 0 Å². The van der Waals surface area contributed by atoms with Crippen LogP contribution in [0.25, 0.3) is 6.08 Å². The van der Waals surface area contributed by atoms with Gasteiger partial charge in [-0.25, -0.2) is 0 Å². The molecule has 1 aromatic rings. The normalized spacial score (nSPS) is 21.5. The van der Waals surface area contributed by atoms with Crippen molar-refractivity contribution < 1.29 is 15.0 Å². The Morgan fingerprint density at radius 3 is 2.35 bits per heavy atom. The molecule has 0 aromatic heterocycles. The van der Waals surface area contributed by atoms with Crippen molar-refractivity contribution in [2.24, 2.45) is 0 Å². The van der Waals surface area contributed by atoms with Gasteiger partial charge in [0.15, 0.2) is 0 Å². The van der Waals surface area contributed by atoms with Crippen molar-refractivity contribution in [2.75, 3.05) is 7.05 Å². The molecule has 5 nitrogen and oxygen atoms in total. The number of hydrogen-bond donors (Lipinski definition) is 2. The summed E-state index contributed by atoms with van der Waals surface area (Å²) in [7, 11) is 1.85. The number of likely N-dealkylation sites (N-methyl/N-ethyl adjacent to an activating group) is 1. The first kappa shape index (κ1) is 16.1. The number of amides is 1. The Kier molecular flexibility index (Phi) is 4.46. The maximum absolute atomic E-state index is 12.8. The fourth-order valence-corrected chi connectivity index (χ4v) is 3.99. The molecule has 1 aromatic carbocycles. The van der Waals surface area contributed by atoms with E-state index in [1.54, 1.807) is 6.08 Å². The third-order valence-electron chi connectivity index (χ3n) is 4.46. The molecule has 0 radical (unpaired) electrons. The number of aromatic hydroxyl groups is 2. The van der Waals surface area contributed by atoms with Crippen molar-refractivity contribution in [3.05, 3.63) is 29.5 Å². The van der Waals surface area contributed by atoms with E-state index in [1.807, 2.05) is 16.8 Å². The molecule has 1 aliphatic heterocycles. The van der Waals surface area contributed by atoms with Crippen LogP contribution in [0.15, 0.2) is 23.9 Å². The molecule has 1 amide bonds. The Morgan fingerprint density at radius 2 is 1.74 bits per heavy atom. The maximum atomic E-state index is 12.8. The zero-order chi connectivity index (χ0) is 16.6. The van der Waals surface area contributed by atoms with Gasteiger partial charge in [-0.2, -0.15) is 0 Å². The molecule has 0 atom stereocenters. The molecule has 6 heteroatoms. The van der Waals surface area contributed by atoms with Gasteiger partial charge in [-0.15, -0.1) is 0 Å². The molecule has 3 rings (SSSR count). The average molecular weight is 379 g/mol. The van der Waals surface area contributed by atoms with Crippen LogP contribution in [0.2, 0.25) is 0 Å². The van der Waals surface area contributed by atoms with E-state index in [9.17, 15) is 15.0 Å². The second-order valence-electron chi connectivity index (χ2n) is 6.12. The third kappa shape index (κ3) is 3.14. The summed E-state index contributed by atoms with van der Waals surface area (Å²) in [5, 5.41) is 19.2. The van der Waals surface area contributed by atoms with E-state index in [4.69, 9.17) is 0 Å². The molecule has 1 aliphatic carbocycles. The summed E-state index contributed by atoms with van der Waals surface area (Å²) < 4.78 is 0.817. The van der Waals surface area contributed by atoms with Gasteiger partial charge in [0.2, 0.25) is 0 Å². The first-order valence-corrected chi connectivity index (χ1v) is 8.69. The summed E-state index contributed by atoms with van der Waals surface area (Å²) in [6, 6.07) is 4.56. The molecule has 0 bridgehead atoms. The van der Waals surface area contributed by atoms with Gasteiger partial charge >= 0.3 is 143 Å². The van der Waals surface area contributed by atoms with E-state index >= 15 is 0 Å². The molecule has 1 heterocycles. The van der Waals surface area contributed by atoms with Gasteiger partial charge in [0, 0.05) is 0 Å². The Hall–Kier alpha value is -1.78. The first-order chi connectivity index (χ1) is 11.0. The molecule has 2 N–H and O–H groups in total. The Morgan fingerprint density at radius 1 is 1.13 bits per heavy atom. The number of nitrogens with zero attached hydrogens (tertiary/aromatic N) is 2. The van der Waals surface area contributed by atoms with E-state index in [0.29, 0.717) is 11.3 Å². The van der Waals surface area contributed by atoms with Crippen molar-refractivity contribution >= 4 is 32.2 Å². The number of phenolic OH excluding ortho intramolecular Hbond substituents is 2. The fraction of sp³-hybridized carbons (Fsp3) is 0.412. The number of carbonyl (C=O) groups is 1. The molecular weight excluding hydrogens is 359 g/mol. The number of benzene rings is 1. The van der Waals surface area contributed by atoms with Gasteiger partial charge in [-0.1, -0.05) is 0 Å². The minimum atomic E-state index is -0.0315. The standard InChI is InChI=1S/C17H20N2O3Se/c1-18-15(9-11-7-13(20)10-14(21)8-11)16(22)19(17(18)23)12-5-3-2-4-6-12/h7-10,12,20-21H,2-6H2,1H3. The van der Waals surface area contributed by atoms with Gasteiger partial charge < -0.3 is 0 Å². The summed E-state index contributed by atoms with van der Waals surface area (Å²) in [5.74, 6) is -0.0846. The van der Waals surface area contributed by atoms with Crippen LogP contribution >= 0.6 is 0 Å². The van der Waals surface area contributed by atoms with Gasteiger partial charge in [0.25, 0.3) is 0 Å². The number of carbonyl (C=O) groups excluding carboxylic acids is 1. The number of rotatable bonds is 2. The fourth-order valence-electron chi connectivity index (χ4n) is 3.30. The molecule has 2 fully saturated rings. The molecule has 122 valence electrons. The van der Waals surface area contributed by atoms with Crippen molar-refractivity contribution in [3.8, 4) is 11.5 Å². The van der Waals surface area contributed by atoms with Gasteiger partial charge in [0.1, 0.15) is 0 Å². The molecule has 23 heavy (non-hydrogen) atoms. The van der Waals surface area contributed by atoms with Crippen molar-refractivity contribution in [1.29, 1.82) is 0 Å². The Labute approximate surface area is 143 Å². The van der Waals surface area contributed by atoms with Gasteiger partial charge in [-0.05, 0) is 0 Å². The topological polar surface area (TPSA) is 64.0 Å². The second-order valence-corrected chi connectivity index (χ2v) is 6.89. The molecule has 0 spiro atoms. The molecule has 2 aliphatic rings. The summed E-state index contributed by atoms with van der Waals surface area (Å²) in [5.41, 5.74) is 1.13. The number of hydrogen-bond acceptors (Lipinski definition) is 4. The van der Waals surface area contributed by atoms with Crippen LogP contribution in [0, 0.1) is 0 Å². The zero-order valence-corrected chi connectivity index (χ0v) is 14.7. The Bertz CT molecular complexity index is 660. The number of phenols is 2. The van der Waals surface area contributed by atoms with E-state index in [0.717, 1.165) is 30.3 Å². The zero-order valence-electron chi connectivity index (χ0n) is 13.0. The SMILES string of the molecule is CN1C(=[Se])N(C2CCCCC2)C(=O)C1=Cc1cc(O)cc(O)c1. The van der Waals surface area contributed by atoms with E-state index in [-0.39, 0.29) is 23.4 Å². The predicted molar refractivity (Wildman–Crippen MR) is 90.0 cm³/mol. The van der Waals surface area contributed by atoms with Crippen LogP contribution in [-0.2, 0) is 4.79 Å². The van der Waals surface area contributed by atoms with Crippen molar-refractivity contribution in [2.45, 2.75) is 38.1 Å². The third-order valence-corrected chi connectivity index (χ3v) is 5.45. The van der Waals surface area contributed by atoms with E-state index in [1.165, 1.54) is 24.6 Å². The van der Waals surface area contributed by atoms with Crippen LogP contribution in [-0.4, -0.2) is 59.3 Å². The summed E-state index contributed by atoms with van der Waals surface area (Å²) in [4.78, 5) is 16.5. The molecule has 1 saturated heterocycles. The van der Waals surface area contributed by atoms with E-state index in [2.05, 4.69) is 15.6 Å². The van der Waals surface area contributed by atoms with E-state index < -0.39 is 0 Å².